The van der Waals surface area contributed by atoms with E-state index < -0.39 is 10.0 Å². The smallest absolute Gasteiger partial charge is 0.240 e. The number of ether oxygens (including phenoxy) is 3. The molecule has 1 aliphatic rings. The van der Waals surface area contributed by atoms with Gasteiger partial charge in [0.2, 0.25) is 15.9 Å². The lowest BCUT2D eigenvalue weighted by Crippen LogP contribution is -2.28. The lowest BCUT2D eigenvalue weighted by Gasteiger charge is -2.18. The van der Waals surface area contributed by atoms with Crippen molar-refractivity contribution in [1.29, 1.82) is 0 Å². The summed E-state index contributed by atoms with van der Waals surface area (Å²) in [6, 6.07) is 9.19. The molecule has 1 aliphatic heterocycles. The Bertz CT molecular complexity index is 980. The normalized spacial score (nSPS) is 13.1. The molecule has 28 heavy (non-hydrogen) atoms. The minimum atomic E-state index is -3.78. The second-order valence-corrected chi connectivity index (χ2v) is 8.02. The van der Waals surface area contributed by atoms with E-state index in [0.717, 1.165) is 0 Å². The highest BCUT2D eigenvalue weighted by Gasteiger charge is 2.19. The third-order valence-corrected chi connectivity index (χ3v) is 5.66. The zero-order chi connectivity index (χ0) is 20.1. The van der Waals surface area contributed by atoms with Crippen LogP contribution in [0.25, 0.3) is 0 Å². The lowest BCUT2D eigenvalue weighted by atomic mass is 10.3. The van der Waals surface area contributed by atoms with E-state index in [1.54, 1.807) is 24.3 Å². The molecule has 3 rings (SSSR count). The summed E-state index contributed by atoms with van der Waals surface area (Å²) in [5.41, 5.74) is 0.491. The van der Waals surface area contributed by atoms with Crippen molar-refractivity contribution in [3.63, 3.8) is 0 Å². The molecule has 1 heterocycles. The molecule has 0 spiro atoms. The number of hydrogen-bond acceptors (Lipinski definition) is 6. The second-order valence-electron chi connectivity index (χ2n) is 5.85. The molecule has 150 valence electrons. The van der Waals surface area contributed by atoms with E-state index in [9.17, 15) is 13.2 Å². The Hall–Kier alpha value is -2.49. The van der Waals surface area contributed by atoms with Gasteiger partial charge in [0.1, 0.15) is 19.0 Å². The molecule has 1 amide bonds. The standard InChI is InChI=1S/C18H19ClN2O6S/c1-25-15-4-2-12(10-14(15)19)21-18(22)6-7-20-28(23,24)13-3-5-16-17(11-13)27-9-8-26-16/h2-5,10-11,20H,6-9H2,1H3,(H,21,22). The van der Waals surface area contributed by atoms with E-state index in [0.29, 0.717) is 41.2 Å². The van der Waals surface area contributed by atoms with Crippen LogP contribution >= 0.6 is 11.6 Å². The van der Waals surface area contributed by atoms with E-state index in [1.165, 1.54) is 19.2 Å². The van der Waals surface area contributed by atoms with Crippen molar-refractivity contribution in [3.05, 3.63) is 41.4 Å². The van der Waals surface area contributed by atoms with Crippen molar-refractivity contribution in [2.24, 2.45) is 0 Å². The van der Waals surface area contributed by atoms with Gasteiger partial charge in [-0.15, -0.1) is 0 Å². The Morgan fingerprint density at radius 3 is 2.61 bits per heavy atom. The van der Waals surface area contributed by atoms with Crippen LogP contribution in [0.2, 0.25) is 5.02 Å². The van der Waals surface area contributed by atoms with Gasteiger partial charge < -0.3 is 19.5 Å². The van der Waals surface area contributed by atoms with E-state index in [-0.39, 0.29) is 23.8 Å². The second kappa shape index (κ2) is 8.68. The summed E-state index contributed by atoms with van der Waals surface area (Å²) in [6.45, 7) is 0.720. The summed E-state index contributed by atoms with van der Waals surface area (Å²) >= 11 is 6.01. The van der Waals surface area contributed by atoms with Crippen LogP contribution < -0.4 is 24.2 Å². The van der Waals surface area contributed by atoms with Crippen molar-refractivity contribution in [2.45, 2.75) is 11.3 Å². The van der Waals surface area contributed by atoms with Gasteiger partial charge in [0, 0.05) is 24.7 Å². The molecular weight excluding hydrogens is 408 g/mol. The predicted octanol–water partition coefficient (Wildman–Crippen LogP) is 2.43. The average molecular weight is 427 g/mol. The van der Waals surface area contributed by atoms with Crippen LogP contribution in [0.5, 0.6) is 17.2 Å². The quantitative estimate of drug-likeness (QED) is 0.704. The molecule has 0 aliphatic carbocycles. The molecule has 0 saturated heterocycles. The predicted molar refractivity (Wildman–Crippen MR) is 104 cm³/mol. The Labute approximate surface area is 167 Å². The maximum absolute atomic E-state index is 12.4. The van der Waals surface area contributed by atoms with E-state index >= 15 is 0 Å². The molecule has 2 aromatic rings. The highest BCUT2D eigenvalue weighted by atomic mass is 35.5. The number of anilines is 1. The number of nitrogens with one attached hydrogen (secondary N) is 2. The van der Waals surface area contributed by atoms with Crippen LogP contribution in [0.1, 0.15) is 6.42 Å². The fourth-order valence-corrected chi connectivity index (χ4v) is 3.85. The Kier molecular flexibility index (Phi) is 6.28. The number of hydrogen-bond donors (Lipinski definition) is 2. The van der Waals surface area contributed by atoms with Crippen LogP contribution in [0.3, 0.4) is 0 Å². The number of carbonyl (C=O) groups excluding carboxylic acids is 1. The molecule has 2 aromatic carbocycles. The largest absolute Gasteiger partial charge is 0.495 e. The summed E-state index contributed by atoms with van der Waals surface area (Å²) in [5, 5.41) is 3.01. The number of amides is 1. The Morgan fingerprint density at radius 2 is 1.89 bits per heavy atom. The number of benzene rings is 2. The fourth-order valence-electron chi connectivity index (χ4n) is 2.54. The first kappa shape index (κ1) is 20.2. The van der Waals surface area contributed by atoms with Crippen molar-refractivity contribution in [2.75, 3.05) is 32.2 Å². The third-order valence-electron chi connectivity index (χ3n) is 3.90. The molecule has 0 saturated carbocycles. The van der Waals surface area contributed by atoms with Gasteiger partial charge in [0.15, 0.2) is 11.5 Å². The molecule has 0 aromatic heterocycles. The van der Waals surface area contributed by atoms with Gasteiger partial charge in [0.25, 0.3) is 0 Å². The topological polar surface area (TPSA) is 103 Å². The Balaban J connectivity index is 1.55. The number of carbonyl (C=O) groups is 1. The van der Waals surface area contributed by atoms with Crippen LogP contribution in [-0.4, -0.2) is 41.2 Å². The summed E-state index contributed by atoms with van der Waals surface area (Å²) in [6.07, 6.45) is -0.0482. The Morgan fingerprint density at radius 1 is 1.14 bits per heavy atom. The molecule has 8 nitrogen and oxygen atoms in total. The highest BCUT2D eigenvalue weighted by molar-refractivity contribution is 7.89. The van der Waals surface area contributed by atoms with Crippen molar-refractivity contribution in [3.8, 4) is 17.2 Å². The van der Waals surface area contributed by atoms with Crippen LogP contribution in [0, 0.1) is 0 Å². The first-order valence-corrected chi connectivity index (χ1v) is 10.3. The molecule has 0 unspecified atom stereocenters. The summed E-state index contributed by atoms with van der Waals surface area (Å²) in [5.74, 6) is 1.02. The number of sulfonamides is 1. The first-order chi connectivity index (χ1) is 13.4. The van der Waals surface area contributed by atoms with E-state index in [1.807, 2.05) is 0 Å². The lowest BCUT2D eigenvalue weighted by molar-refractivity contribution is -0.116. The van der Waals surface area contributed by atoms with E-state index in [2.05, 4.69) is 10.0 Å². The summed E-state index contributed by atoms with van der Waals surface area (Å²) in [4.78, 5) is 12.1. The number of halogens is 1. The SMILES string of the molecule is COc1ccc(NC(=O)CCNS(=O)(=O)c2ccc3c(c2)OCCO3)cc1Cl. The van der Waals surface area contributed by atoms with Gasteiger partial charge in [-0.3, -0.25) is 4.79 Å². The van der Waals surface area contributed by atoms with Crippen LogP contribution in [-0.2, 0) is 14.8 Å². The first-order valence-electron chi connectivity index (χ1n) is 8.42. The van der Waals surface area contributed by atoms with E-state index in [4.69, 9.17) is 25.8 Å². The summed E-state index contributed by atoms with van der Waals surface area (Å²) < 4.78 is 43.0. The van der Waals surface area contributed by atoms with Crippen molar-refractivity contribution >= 4 is 33.2 Å². The summed E-state index contributed by atoms with van der Waals surface area (Å²) in [7, 11) is -2.29. The maximum Gasteiger partial charge on any atom is 0.240 e. The van der Waals surface area contributed by atoms with Crippen molar-refractivity contribution in [1.82, 2.24) is 4.72 Å². The van der Waals surface area contributed by atoms with Gasteiger partial charge >= 0.3 is 0 Å². The van der Waals surface area contributed by atoms with Gasteiger partial charge in [-0.25, -0.2) is 13.1 Å². The minimum absolute atomic E-state index is 0.0408. The number of fused-ring (bicyclic) bond motifs is 1. The fraction of sp³-hybridized carbons (Fsp3) is 0.278. The molecule has 0 atom stereocenters. The van der Waals surface area contributed by atoms with Crippen molar-refractivity contribution < 1.29 is 27.4 Å². The van der Waals surface area contributed by atoms with Gasteiger partial charge in [0.05, 0.1) is 17.0 Å². The molecule has 0 fully saturated rings. The van der Waals surface area contributed by atoms with Gasteiger partial charge in [-0.1, -0.05) is 11.6 Å². The zero-order valence-electron chi connectivity index (χ0n) is 15.0. The monoisotopic (exact) mass is 426 g/mol. The van der Waals surface area contributed by atoms with Gasteiger partial charge in [-0.2, -0.15) is 0 Å². The van der Waals surface area contributed by atoms with Crippen LogP contribution in [0.4, 0.5) is 5.69 Å². The molecular formula is C18H19ClN2O6S. The molecule has 0 bridgehead atoms. The van der Waals surface area contributed by atoms with Crippen LogP contribution in [0.15, 0.2) is 41.3 Å². The average Bonchev–Trinajstić information content (AvgIpc) is 2.67. The minimum Gasteiger partial charge on any atom is -0.495 e. The highest BCUT2D eigenvalue weighted by Crippen LogP contribution is 2.32. The molecule has 10 heteroatoms. The third kappa shape index (κ3) is 4.86. The molecule has 2 N–H and O–H groups in total. The zero-order valence-corrected chi connectivity index (χ0v) is 16.6. The maximum atomic E-state index is 12.4. The number of rotatable bonds is 7. The van der Waals surface area contributed by atoms with Gasteiger partial charge in [-0.05, 0) is 30.3 Å². The number of methoxy groups -OCH3 is 1. The molecule has 0 radical (unpaired) electrons.